The van der Waals surface area contributed by atoms with Crippen LogP contribution in [0.15, 0.2) is 40.9 Å². The monoisotopic (exact) mass is 668 g/mol. The van der Waals surface area contributed by atoms with E-state index in [0.29, 0.717) is 11.8 Å². The van der Waals surface area contributed by atoms with Gasteiger partial charge in [-0.2, -0.15) is 0 Å². The molecule has 0 saturated carbocycles. The first-order valence-corrected chi connectivity index (χ1v) is 17.6. The molecular weight excluding hydrogens is 627 g/mol. The van der Waals surface area contributed by atoms with Crippen molar-refractivity contribution in [1.82, 2.24) is 19.8 Å². The van der Waals surface area contributed by atoms with Crippen LogP contribution in [-0.2, 0) is 9.31 Å². The summed E-state index contributed by atoms with van der Waals surface area (Å²) < 4.78 is 16.0. The average Bonchev–Trinajstić information content (AvgIpc) is 3.62. The number of aromatic nitrogens is 2. The Labute approximate surface area is 267 Å². The van der Waals surface area contributed by atoms with Crippen molar-refractivity contribution >= 4 is 71.6 Å². The fourth-order valence-corrected chi connectivity index (χ4v) is 8.45. The van der Waals surface area contributed by atoms with Crippen molar-refractivity contribution in [3.05, 3.63) is 50.9 Å². The van der Waals surface area contributed by atoms with Gasteiger partial charge in [-0.1, -0.05) is 22.0 Å². The first-order valence-electron chi connectivity index (χ1n) is 15.2. The van der Waals surface area contributed by atoms with Gasteiger partial charge in [0, 0.05) is 16.3 Å². The molecule has 10 heteroatoms. The molecule has 42 heavy (non-hydrogen) atoms. The smallest absolute Gasteiger partial charge is 0.399 e. The van der Waals surface area contributed by atoms with Gasteiger partial charge in [-0.3, -0.25) is 0 Å². The molecule has 5 heterocycles. The third-order valence-electron chi connectivity index (χ3n) is 9.46. The summed E-state index contributed by atoms with van der Waals surface area (Å²) in [4.78, 5) is 14.6. The van der Waals surface area contributed by atoms with Crippen LogP contribution in [-0.4, -0.2) is 78.4 Å². The van der Waals surface area contributed by atoms with E-state index in [0.717, 1.165) is 21.0 Å². The molecule has 7 rings (SSSR count). The number of hydrogen-bond acceptors (Lipinski definition) is 8. The number of rotatable bonds is 3. The number of likely N-dealkylation sites (tertiary alicyclic amines) is 2. The minimum Gasteiger partial charge on any atom is -0.399 e. The highest BCUT2D eigenvalue weighted by Crippen LogP contribution is 2.38. The second-order valence-electron chi connectivity index (χ2n) is 13.2. The maximum absolute atomic E-state index is 6.18. The predicted octanol–water partition coefficient (Wildman–Crippen LogP) is 7.27. The second kappa shape index (κ2) is 12.2. The van der Waals surface area contributed by atoms with E-state index in [1.54, 1.807) is 0 Å². The van der Waals surface area contributed by atoms with E-state index in [1.807, 2.05) is 22.7 Å². The summed E-state index contributed by atoms with van der Waals surface area (Å²) in [6, 6.07) is 12.8. The number of nitrogens with zero attached hydrogens (tertiary/aromatic N) is 4. The normalized spacial score (nSPS) is 22.1. The van der Waals surface area contributed by atoms with E-state index in [-0.39, 0.29) is 18.3 Å². The Bertz CT molecular complexity index is 1520. The first kappa shape index (κ1) is 30.6. The third kappa shape index (κ3) is 6.51. The maximum atomic E-state index is 6.18. The van der Waals surface area contributed by atoms with Gasteiger partial charge in [0.1, 0.15) is 0 Å². The van der Waals surface area contributed by atoms with E-state index in [4.69, 9.17) is 19.3 Å². The molecule has 3 saturated heterocycles. The molecule has 0 aliphatic carbocycles. The van der Waals surface area contributed by atoms with E-state index in [1.165, 1.54) is 71.3 Å². The molecule has 4 aromatic rings. The van der Waals surface area contributed by atoms with Crippen LogP contribution in [0.1, 0.15) is 75.2 Å². The molecule has 0 atom stereocenters. The molecular formula is C32H42BBrN4O2S2. The standard InChI is InChI=1S/C19H27BN2O2S.C13H15BrN2S/c1-18(2)19(3,4)24-20(23-18)14-6-7-16-15(12-14)21-17(25-16)13-8-10-22(5)11-9-13;1-16-6-4-9(5-7-16)13-15-11-8-10(14)2-3-12(11)17-13/h6-7,12-13H,8-11H2,1-5H3;2-3,8-9H,4-7H2,1H3. The lowest BCUT2D eigenvalue weighted by atomic mass is 9.79. The summed E-state index contributed by atoms with van der Waals surface area (Å²) in [5, 5.41) is 2.61. The van der Waals surface area contributed by atoms with Crippen LogP contribution in [0.3, 0.4) is 0 Å². The van der Waals surface area contributed by atoms with E-state index in [9.17, 15) is 0 Å². The Kier molecular flexibility index (Phi) is 8.88. The maximum Gasteiger partial charge on any atom is 0.494 e. The Hall–Kier alpha value is -1.40. The SMILES string of the molecule is CN1CCC(c2nc3cc(B4OC(C)(C)C(C)(C)O4)ccc3s2)CC1.CN1CCC(c2nc3cc(Br)ccc3s2)CC1. The summed E-state index contributed by atoms with van der Waals surface area (Å²) in [6.45, 7) is 13.1. The highest BCUT2D eigenvalue weighted by atomic mass is 79.9. The molecule has 6 nitrogen and oxygen atoms in total. The number of benzene rings is 2. The summed E-state index contributed by atoms with van der Waals surface area (Å²) in [7, 11) is 4.08. The second-order valence-corrected chi connectivity index (χ2v) is 16.2. The first-order chi connectivity index (χ1) is 20.0. The van der Waals surface area contributed by atoms with Gasteiger partial charge < -0.3 is 19.1 Å². The highest BCUT2D eigenvalue weighted by Gasteiger charge is 2.51. The summed E-state index contributed by atoms with van der Waals surface area (Å²) >= 11 is 7.21. The van der Waals surface area contributed by atoms with Gasteiger partial charge in [0.2, 0.25) is 0 Å². The Morgan fingerprint density at radius 3 is 1.69 bits per heavy atom. The van der Waals surface area contributed by atoms with Crippen molar-refractivity contribution < 1.29 is 9.31 Å². The van der Waals surface area contributed by atoms with Gasteiger partial charge in [-0.25, -0.2) is 9.97 Å². The molecule has 224 valence electrons. The molecule has 3 aliphatic heterocycles. The van der Waals surface area contributed by atoms with Crippen LogP contribution >= 0.6 is 38.6 Å². The van der Waals surface area contributed by atoms with Gasteiger partial charge >= 0.3 is 7.12 Å². The Morgan fingerprint density at radius 2 is 1.19 bits per heavy atom. The zero-order valence-electron chi connectivity index (χ0n) is 25.7. The minimum atomic E-state index is -0.317. The molecule has 0 amide bonds. The number of piperidine rings is 2. The predicted molar refractivity (Wildman–Crippen MR) is 182 cm³/mol. The zero-order chi connectivity index (χ0) is 29.6. The Morgan fingerprint density at radius 1 is 0.738 bits per heavy atom. The van der Waals surface area contributed by atoms with Gasteiger partial charge in [0.25, 0.3) is 0 Å². The topological polar surface area (TPSA) is 50.7 Å². The summed E-state index contributed by atoms with van der Waals surface area (Å²) in [6.07, 6.45) is 4.91. The van der Waals surface area contributed by atoms with Crippen molar-refractivity contribution in [3.8, 4) is 0 Å². The summed E-state index contributed by atoms with van der Waals surface area (Å²) in [5.41, 5.74) is 2.65. The fourth-order valence-electron chi connectivity index (χ4n) is 5.87. The molecule has 2 aromatic heterocycles. The van der Waals surface area contributed by atoms with Crippen LogP contribution in [0.5, 0.6) is 0 Å². The number of fused-ring (bicyclic) bond motifs is 2. The molecule has 2 aromatic carbocycles. The van der Waals surface area contributed by atoms with Crippen LogP contribution in [0.4, 0.5) is 0 Å². The van der Waals surface area contributed by atoms with E-state index >= 15 is 0 Å². The lowest BCUT2D eigenvalue weighted by Crippen LogP contribution is -2.41. The molecule has 3 aliphatic rings. The molecule has 0 spiro atoms. The molecule has 3 fully saturated rings. The highest BCUT2D eigenvalue weighted by molar-refractivity contribution is 9.10. The van der Waals surface area contributed by atoms with Crippen LogP contribution < -0.4 is 5.46 Å². The molecule has 0 radical (unpaired) electrons. The van der Waals surface area contributed by atoms with Gasteiger partial charge in [-0.15, -0.1) is 22.7 Å². The lowest BCUT2D eigenvalue weighted by Gasteiger charge is -2.32. The molecule has 0 bridgehead atoms. The fraction of sp³-hybridized carbons (Fsp3) is 0.562. The van der Waals surface area contributed by atoms with Gasteiger partial charge in [0.05, 0.1) is 41.7 Å². The third-order valence-corrected chi connectivity index (χ3v) is 12.3. The zero-order valence-corrected chi connectivity index (χ0v) is 28.9. The van der Waals surface area contributed by atoms with Crippen molar-refractivity contribution in [3.63, 3.8) is 0 Å². The van der Waals surface area contributed by atoms with E-state index in [2.05, 4.69) is 104 Å². The van der Waals surface area contributed by atoms with Gasteiger partial charge in [-0.05, 0) is 129 Å². The molecule has 0 unspecified atom stereocenters. The molecule has 0 N–H and O–H groups in total. The average molecular weight is 670 g/mol. The van der Waals surface area contributed by atoms with Crippen molar-refractivity contribution in [2.24, 2.45) is 0 Å². The van der Waals surface area contributed by atoms with Crippen molar-refractivity contribution in [1.29, 1.82) is 0 Å². The number of thiazole rings is 2. The van der Waals surface area contributed by atoms with Crippen LogP contribution in [0.25, 0.3) is 20.4 Å². The minimum absolute atomic E-state index is 0.312. The Balaban J connectivity index is 0.000000162. The quantitative estimate of drug-likeness (QED) is 0.214. The van der Waals surface area contributed by atoms with Gasteiger partial charge in [0.15, 0.2) is 0 Å². The summed E-state index contributed by atoms with van der Waals surface area (Å²) in [5.74, 6) is 1.27. The van der Waals surface area contributed by atoms with Crippen molar-refractivity contribution in [2.75, 3.05) is 40.3 Å². The van der Waals surface area contributed by atoms with Crippen LogP contribution in [0.2, 0.25) is 0 Å². The number of hydrogen-bond donors (Lipinski definition) is 0. The van der Waals surface area contributed by atoms with Crippen molar-refractivity contribution in [2.45, 2.75) is 76.4 Å². The number of halogens is 1. The lowest BCUT2D eigenvalue weighted by molar-refractivity contribution is 0.00578. The van der Waals surface area contributed by atoms with E-state index < -0.39 is 0 Å². The van der Waals surface area contributed by atoms with Crippen LogP contribution in [0, 0.1) is 0 Å². The largest absolute Gasteiger partial charge is 0.494 e.